The zero-order valence-corrected chi connectivity index (χ0v) is 14.9. The van der Waals surface area contributed by atoms with Crippen LogP contribution in [0.1, 0.15) is 26.7 Å². The predicted molar refractivity (Wildman–Crippen MR) is 87.5 cm³/mol. The smallest absolute Gasteiger partial charge is 0.279 e. The fourth-order valence-corrected chi connectivity index (χ4v) is 4.26. The molecule has 0 radical (unpaired) electrons. The third kappa shape index (κ3) is 6.20. The molecular weight excluding hydrogens is 288 g/mol. The van der Waals surface area contributed by atoms with Crippen molar-refractivity contribution in [3.05, 3.63) is 0 Å². The number of hydrogen-bond donors (Lipinski definition) is 2. The summed E-state index contributed by atoms with van der Waals surface area (Å²) >= 11 is 0. The van der Waals surface area contributed by atoms with Gasteiger partial charge in [0.1, 0.15) is 0 Å². The average molecular weight is 321 g/mol. The van der Waals surface area contributed by atoms with Crippen LogP contribution in [0.5, 0.6) is 0 Å². The largest absolute Gasteiger partial charge is 0.319 e. The van der Waals surface area contributed by atoms with Crippen molar-refractivity contribution in [1.82, 2.24) is 19.2 Å². The van der Waals surface area contributed by atoms with E-state index < -0.39 is 10.2 Å². The van der Waals surface area contributed by atoms with Crippen LogP contribution in [0.4, 0.5) is 0 Å². The molecule has 0 saturated carbocycles. The summed E-state index contributed by atoms with van der Waals surface area (Å²) < 4.78 is 29.5. The van der Waals surface area contributed by atoms with Gasteiger partial charge < -0.3 is 10.2 Å². The SMILES string of the molecule is CNCC1CCN(S(=O)(=O)NC(CN(C)C)C(C)C)CC1. The molecule has 1 saturated heterocycles. The van der Waals surface area contributed by atoms with Crippen LogP contribution in [-0.2, 0) is 10.2 Å². The van der Waals surface area contributed by atoms with E-state index in [0.717, 1.165) is 19.4 Å². The van der Waals surface area contributed by atoms with E-state index in [-0.39, 0.29) is 12.0 Å². The molecule has 0 aromatic heterocycles. The maximum absolute atomic E-state index is 12.5. The van der Waals surface area contributed by atoms with Gasteiger partial charge in [0.05, 0.1) is 0 Å². The molecular formula is C14H32N4O2S. The molecule has 0 aromatic rings. The van der Waals surface area contributed by atoms with Crippen LogP contribution in [0.15, 0.2) is 0 Å². The molecule has 2 N–H and O–H groups in total. The molecule has 1 rings (SSSR count). The van der Waals surface area contributed by atoms with E-state index in [1.54, 1.807) is 4.31 Å². The van der Waals surface area contributed by atoms with E-state index in [4.69, 9.17) is 0 Å². The molecule has 0 bridgehead atoms. The average Bonchev–Trinajstić information content (AvgIpc) is 2.38. The van der Waals surface area contributed by atoms with Gasteiger partial charge in [-0.3, -0.25) is 0 Å². The Balaban J connectivity index is 2.60. The number of likely N-dealkylation sites (N-methyl/N-ethyl adjacent to an activating group) is 1. The van der Waals surface area contributed by atoms with Gasteiger partial charge in [0.2, 0.25) is 0 Å². The summed E-state index contributed by atoms with van der Waals surface area (Å²) in [5.41, 5.74) is 0. The first kappa shape index (κ1) is 18.8. The van der Waals surface area contributed by atoms with Crippen LogP contribution in [0.25, 0.3) is 0 Å². The molecule has 21 heavy (non-hydrogen) atoms. The molecule has 0 amide bonds. The Labute approximate surface area is 130 Å². The van der Waals surface area contributed by atoms with E-state index in [2.05, 4.69) is 23.9 Å². The predicted octanol–water partition coefficient (Wildman–Crippen LogP) is 0.338. The quantitative estimate of drug-likeness (QED) is 0.677. The van der Waals surface area contributed by atoms with Gasteiger partial charge in [0, 0.05) is 25.7 Å². The standard InChI is InChI=1S/C14H32N4O2S/c1-12(2)14(11-17(4)5)16-21(19,20)18-8-6-13(7-9-18)10-15-3/h12-16H,6-11H2,1-5H3. The van der Waals surface area contributed by atoms with Crippen LogP contribution >= 0.6 is 0 Å². The number of nitrogens with one attached hydrogen (secondary N) is 2. The van der Waals surface area contributed by atoms with Gasteiger partial charge in [-0.25, -0.2) is 0 Å². The second-order valence-electron chi connectivity index (χ2n) is 6.64. The molecule has 7 heteroatoms. The van der Waals surface area contributed by atoms with Crippen molar-refractivity contribution in [1.29, 1.82) is 0 Å². The van der Waals surface area contributed by atoms with E-state index in [0.29, 0.717) is 25.6 Å². The molecule has 1 aliphatic rings. The van der Waals surface area contributed by atoms with Crippen molar-refractivity contribution >= 4 is 10.2 Å². The summed E-state index contributed by atoms with van der Waals surface area (Å²) in [7, 11) is 2.50. The van der Waals surface area contributed by atoms with E-state index in [1.807, 2.05) is 26.0 Å². The molecule has 1 unspecified atom stereocenters. The molecule has 0 aromatic carbocycles. The van der Waals surface area contributed by atoms with Gasteiger partial charge in [-0.15, -0.1) is 0 Å². The summed E-state index contributed by atoms with van der Waals surface area (Å²) in [6, 6.07) is -0.0555. The lowest BCUT2D eigenvalue weighted by atomic mass is 9.98. The zero-order valence-electron chi connectivity index (χ0n) is 14.1. The van der Waals surface area contributed by atoms with Gasteiger partial charge >= 0.3 is 0 Å². The summed E-state index contributed by atoms with van der Waals surface area (Å²) in [5.74, 6) is 0.855. The van der Waals surface area contributed by atoms with Gasteiger partial charge in [-0.2, -0.15) is 17.4 Å². The minimum absolute atomic E-state index is 0.0555. The maximum atomic E-state index is 12.5. The number of nitrogens with zero attached hydrogens (tertiary/aromatic N) is 2. The molecule has 126 valence electrons. The molecule has 0 aliphatic carbocycles. The molecule has 1 atom stereocenters. The number of piperidine rings is 1. The van der Waals surface area contributed by atoms with Crippen molar-refractivity contribution in [3.8, 4) is 0 Å². The van der Waals surface area contributed by atoms with Crippen LogP contribution in [0.2, 0.25) is 0 Å². The van der Waals surface area contributed by atoms with Crippen LogP contribution in [-0.4, -0.2) is 71.0 Å². The Morgan fingerprint density at radius 2 is 1.81 bits per heavy atom. The van der Waals surface area contributed by atoms with Crippen molar-refractivity contribution < 1.29 is 8.42 Å². The first-order chi connectivity index (χ1) is 9.76. The Kier molecular flexibility index (Phi) is 7.56. The highest BCUT2D eigenvalue weighted by Gasteiger charge is 2.30. The zero-order chi connectivity index (χ0) is 16.0. The lowest BCUT2D eigenvalue weighted by Crippen LogP contribution is -2.52. The summed E-state index contributed by atoms with van der Waals surface area (Å²) in [6.07, 6.45) is 1.86. The molecule has 1 fully saturated rings. The highest BCUT2D eigenvalue weighted by atomic mass is 32.2. The van der Waals surface area contributed by atoms with Crippen LogP contribution in [0.3, 0.4) is 0 Å². The van der Waals surface area contributed by atoms with Gasteiger partial charge in [-0.05, 0) is 52.4 Å². The summed E-state index contributed by atoms with van der Waals surface area (Å²) in [4.78, 5) is 2.02. The van der Waals surface area contributed by atoms with Crippen molar-refractivity contribution in [2.45, 2.75) is 32.7 Å². The van der Waals surface area contributed by atoms with Gasteiger partial charge in [-0.1, -0.05) is 13.8 Å². The van der Waals surface area contributed by atoms with Crippen molar-refractivity contribution in [2.24, 2.45) is 11.8 Å². The third-order valence-electron chi connectivity index (χ3n) is 4.07. The van der Waals surface area contributed by atoms with E-state index >= 15 is 0 Å². The Bertz CT molecular complexity index is 390. The van der Waals surface area contributed by atoms with Gasteiger partial charge in [0.15, 0.2) is 0 Å². The van der Waals surface area contributed by atoms with E-state index in [1.165, 1.54) is 0 Å². The van der Waals surface area contributed by atoms with E-state index in [9.17, 15) is 8.42 Å². The van der Waals surface area contributed by atoms with Crippen molar-refractivity contribution in [2.75, 3.05) is 47.3 Å². The maximum Gasteiger partial charge on any atom is 0.279 e. The molecule has 0 spiro atoms. The highest BCUT2D eigenvalue weighted by Crippen LogP contribution is 2.19. The summed E-state index contributed by atoms with van der Waals surface area (Å²) in [6.45, 7) is 7.03. The highest BCUT2D eigenvalue weighted by molar-refractivity contribution is 7.87. The lowest BCUT2D eigenvalue weighted by Gasteiger charge is -2.33. The Morgan fingerprint density at radius 3 is 2.24 bits per heavy atom. The Hall–Kier alpha value is -0.210. The fourth-order valence-electron chi connectivity index (χ4n) is 2.69. The molecule has 1 heterocycles. The fraction of sp³-hybridized carbons (Fsp3) is 1.00. The normalized spacial score (nSPS) is 20.3. The molecule has 1 aliphatic heterocycles. The summed E-state index contributed by atoms with van der Waals surface area (Å²) in [5, 5.41) is 3.17. The molecule has 6 nitrogen and oxygen atoms in total. The van der Waals surface area contributed by atoms with Gasteiger partial charge in [0.25, 0.3) is 10.2 Å². The number of rotatable bonds is 8. The minimum Gasteiger partial charge on any atom is -0.319 e. The minimum atomic E-state index is -3.38. The second kappa shape index (κ2) is 8.43. The third-order valence-corrected chi connectivity index (χ3v) is 5.72. The van der Waals surface area contributed by atoms with Crippen molar-refractivity contribution in [3.63, 3.8) is 0 Å². The number of hydrogen-bond acceptors (Lipinski definition) is 4. The second-order valence-corrected chi connectivity index (χ2v) is 8.34. The van der Waals surface area contributed by atoms with Crippen LogP contribution < -0.4 is 10.0 Å². The first-order valence-electron chi connectivity index (χ1n) is 7.83. The lowest BCUT2D eigenvalue weighted by molar-refractivity contribution is 0.260. The first-order valence-corrected chi connectivity index (χ1v) is 9.27. The topological polar surface area (TPSA) is 64.7 Å². The monoisotopic (exact) mass is 320 g/mol. The van der Waals surface area contributed by atoms with Crippen LogP contribution in [0, 0.1) is 11.8 Å². The Morgan fingerprint density at radius 1 is 1.24 bits per heavy atom.